The first-order chi connectivity index (χ1) is 10.6. The van der Waals surface area contributed by atoms with E-state index in [0.29, 0.717) is 5.69 Å². The zero-order valence-corrected chi connectivity index (χ0v) is 13.5. The Balaban J connectivity index is 2.64. The average molecular weight is 320 g/mol. The van der Waals surface area contributed by atoms with Crippen LogP contribution in [0.2, 0.25) is 0 Å². The lowest BCUT2D eigenvalue weighted by atomic mass is 10.1. The van der Waals surface area contributed by atoms with Crippen LogP contribution in [-0.4, -0.2) is 29.2 Å². The van der Waals surface area contributed by atoms with E-state index in [0.717, 1.165) is 0 Å². The fourth-order valence-corrected chi connectivity index (χ4v) is 1.73. The Morgan fingerprint density at radius 3 is 2.65 bits per heavy atom. The quantitative estimate of drug-likeness (QED) is 0.636. The highest BCUT2D eigenvalue weighted by Gasteiger charge is 2.17. The summed E-state index contributed by atoms with van der Waals surface area (Å²) in [7, 11) is 0. The molecule has 1 rings (SSSR count). The third kappa shape index (κ3) is 6.22. The minimum Gasteiger partial charge on any atom is -0.444 e. The molecule has 0 saturated heterocycles. The molecule has 0 aliphatic rings. The van der Waals surface area contributed by atoms with Crippen molar-refractivity contribution in [3.63, 3.8) is 0 Å². The number of anilines is 1. The molecule has 0 fully saturated rings. The Kier molecular flexibility index (Phi) is 5.90. The number of benzene rings is 1. The summed E-state index contributed by atoms with van der Waals surface area (Å²) in [5, 5.41) is 25.4. The minimum absolute atomic E-state index is 0.147. The molecule has 0 aliphatic heterocycles. The second-order valence-corrected chi connectivity index (χ2v) is 6.03. The summed E-state index contributed by atoms with van der Waals surface area (Å²) in [6, 6.07) is 5.71. The Hall–Kier alpha value is -2.82. The first-order valence-electron chi connectivity index (χ1n) is 7.04. The molecule has 1 unspecified atom stereocenters. The third-order valence-electron chi connectivity index (χ3n) is 2.69. The summed E-state index contributed by atoms with van der Waals surface area (Å²) in [5.41, 5.74) is -0.0841. The molecule has 8 nitrogen and oxygen atoms in total. The van der Waals surface area contributed by atoms with Gasteiger partial charge >= 0.3 is 6.09 Å². The summed E-state index contributed by atoms with van der Waals surface area (Å²) in [6.07, 6.45) is -0.532. The summed E-state index contributed by atoms with van der Waals surface area (Å²) in [6.45, 7) is 7.38. The van der Waals surface area contributed by atoms with Gasteiger partial charge in [0.1, 0.15) is 11.7 Å². The first-order valence-corrected chi connectivity index (χ1v) is 7.04. The molecule has 0 saturated carbocycles. The number of rotatable bonds is 5. The van der Waals surface area contributed by atoms with Crippen molar-refractivity contribution >= 4 is 17.5 Å². The summed E-state index contributed by atoms with van der Waals surface area (Å²) in [4.78, 5) is 21.7. The van der Waals surface area contributed by atoms with Gasteiger partial charge in [-0.25, -0.2) is 4.79 Å². The van der Waals surface area contributed by atoms with Gasteiger partial charge in [0.25, 0.3) is 5.69 Å². The van der Waals surface area contributed by atoms with E-state index < -0.39 is 16.6 Å². The van der Waals surface area contributed by atoms with E-state index >= 15 is 0 Å². The first kappa shape index (κ1) is 18.2. The zero-order chi connectivity index (χ0) is 17.6. The van der Waals surface area contributed by atoms with Crippen LogP contribution >= 0.6 is 0 Å². The summed E-state index contributed by atoms with van der Waals surface area (Å²) >= 11 is 0. The molecule has 1 atom stereocenters. The number of hydrogen-bond acceptors (Lipinski definition) is 6. The van der Waals surface area contributed by atoms with Gasteiger partial charge < -0.3 is 15.4 Å². The molecule has 1 aromatic rings. The predicted molar refractivity (Wildman–Crippen MR) is 85.1 cm³/mol. The molecule has 0 heterocycles. The minimum atomic E-state index is -0.576. The number of ether oxygens (including phenoxy) is 1. The maximum absolute atomic E-state index is 11.6. The van der Waals surface area contributed by atoms with Crippen LogP contribution in [0, 0.1) is 21.4 Å². The summed E-state index contributed by atoms with van der Waals surface area (Å²) < 4.78 is 5.12. The lowest BCUT2D eigenvalue weighted by Crippen LogP contribution is -2.38. The number of hydrogen-bond donors (Lipinski definition) is 2. The maximum atomic E-state index is 11.6. The Bertz CT molecular complexity index is 631. The van der Waals surface area contributed by atoms with Gasteiger partial charge in [0.05, 0.1) is 16.2 Å². The normalized spacial score (nSPS) is 12.0. The third-order valence-corrected chi connectivity index (χ3v) is 2.69. The molecule has 1 aromatic carbocycles. The molecule has 1 amide bonds. The van der Waals surface area contributed by atoms with Gasteiger partial charge in [0.15, 0.2) is 0 Å². The lowest BCUT2D eigenvalue weighted by molar-refractivity contribution is -0.384. The number of nitrogens with one attached hydrogen (secondary N) is 2. The van der Waals surface area contributed by atoms with E-state index in [4.69, 9.17) is 10.00 Å². The van der Waals surface area contributed by atoms with Crippen molar-refractivity contribution in [2.45, 2.75) is 39.3 Å². The van der Waals surface area contributed by atoms with Crippen LogP contribution in [0.15, 0.2) is 18.2 Å². The van der Waals surface area contributed by atoms with Crippen molar-refractivity contribution in [3.8, 4) is 6.07 Å². The Morgan fingerprint density at radius 1 is 1.48 bits per heavy atom. The number of nitriles is 1. The van der Waals surface area contributed by atoms with Crippen molar-refractivity contribution in [2.24, 2.45) is 0 Å². The second kappa shape index (κ2) is 7.45. The van der Waals surface area contributed by atoms with E-state index in [-0.39, 0.29) is 23.8 Å². The molecular formula is C15H20N4O4. The van der Waals surface area contributed by atoms with Crippen molar-refractivity contribution < 1.29 is 14.5 Å². The standard InChI is InChI=1S/C15H20N4O4/c1-10(9-17-14(20)23-15(2,3)4)18-13-6-5-12(19(21)22)7-11(13)8-16/h5-7,10,18H,9H2,1-4H3,(H,17,20). The molecular weight excluding hydrogens is 300 g/mol. The number of carbonyl (C=O) groups excluding carboxylic acids is 1. The molecule has 23 heavy (non-hydrogen) atoms. The highest BCUT2D eigenvalue weighted by atomic mass is 16.6. The van der Waals surface area contributed by atoms with Crippen molar-refractivity contribution in [1.82, 2.24) is 5.32 Å². The Labute approximate surface area is 134 Å². The lowest BCUT2D eigenvalue weighted by Gasteiger charge is -2.21. The molecule has 2 N–H and O–H groups in total. The average Bonchev–Trinajstić information content (AvgIpc) is 2.43. The monoisotopic (exact) mass is 320 g/mol. The molecule has 0 radical (unpaired) electrons. The predicted octanol–water partition coefficient (Wildman–Crippen LogP) is 2.79. The Morgan fingerprint density at radius 2 is 2.13 bits per heavy atom. The number of carbonyl (C=O) groups is 1. The van der Waals surface area contributed by atoms with Gasteiger partial charge in [-0.2, -0.15) is 5.26 Å². The smallest absolute Gasteiger partial charge is 0.407 e. The van der Waals surface area contributed by atoms with Gasteiger partial charge in [-0.3, -0.25) is 10.1 Å². The highest BCUT2D eigenvalue weighted by molar-refractivity contribution is 5.68. The van der Waals surface area contributed by atoms with Crippen LogP contribution in [0.5, 0.6) is 0 Å². The van der Waals surface area contributed by atoms with Crippen LogP contribution in [0.3, 0.4) is 0 Å². The number of nitro benzene ring substituents is 1. The van der Waals surface area contributed by atoms with E-state index in [1.807, 2.05) is 6.07 Å². The van der Waals surface area contributed by atoms with Gasteiger partial charge in [0.2, 0.25) is 0 Å². The van der Waals surface area contributed by atoms with Crippen LogP contribution in [0.25, 0.3) is 0 Å². The van der Waals surface area contributed by atoms with E-state index in [1.54, 1.807) is 27.7 Å². The van der Waals surface area contributed by atoms with Crippen LogP contribution in [0.1, 0.15) is 33.3 Å². The molecule has 0 aliphatic carbocycles. The van der Waals surface area contributed by atoms with Crippen LogP contribution in [-0.2, 0) is 4.74 Å². The van der Waals surface area contributed by atoms with E-state index in [9.17, 15) is 14.9 Å². The molecule has 8 heteroatoms. The van der Waals surface area contributed by atoms with E-state index in [2.05, 4.69) is 10.6 Å². The SMILES string of the molecule is CC(CNC(=O)OC(C)(C)C)Nc1ccc([N+](=O)[O-])cc1C#N. The van der Waals surface area contributed by atoms with Gasteiger partial charge in [-0.05, 0) is 33.8 Å². The summed E-state index contributed by atoms with van der Waals surface area (Å²) in [5.74, 6) is 0. The number of amides is 1. The van der Waals surface area contributed by atoms with E-state index in [1.165, 1.54) is 18.2 Å². The van der Waals surface area contributed by atoms with Crippen molar-refractivity contribution in [2.75, 3.05) is 11.9 Å². The van der Waals surface area contributed by atoms with Crippen LogP contribution in [0.4, 0.5) is 16.2 Å². The molecule has 0 bridgehead atoms. The molecule has 0 spiro atoms. The maximum Gasteiger partial charge on any atom is 0.407 e. The number of alkyl carbamates (subject to hydrolysis) is 1. The van der Waals surface area contributed by atoms with Gasteiger partial charge in [-0.1, -0.05) is 0 Å². The van der Waals surface area contributed by atoms with Crippen LogP contribution < -0.4 is 10.6 Å². The molecule has 124 valence electrons. The number of nitrogens with zero attached hydrogens (tertiary/aromatic N) is 2. The second-order valence-electron chi connectivity index (χ2n) is 6.03. The molecule has 0 aromatic heterocycles. The number of nitro groups is 1. The fraction of sp³-hybridized carbons (Fsp3) is 0.467. The van der Waals surface area contributed by atoms with Gasteiger partial charge in [0, 0.05) is 24.7 Å². The fourth-order valence-electron chi connectivity index (χ4n) is 1.73. The zero-order valence-electron chi connectivity index (χ0n) is 13.5. The number of non-ortho nitro benzene ring substituents is 1. The van der Waals surface area contributed by atoms with Crippen molar-refractivity contribution in [3.05, 3.63) is 33.9 Å². The topological polar surface area (TPSA) is 117 Å². The highest BCUT2D eigenvalue weighted by Crippen LogP contribution is 2.21. The van der Waals surface area contributed by atoms with Crippen molar-refractivity contribution in [1.29, 1.82) is 5.26 Å². The largest absolute Gasteiger partial charge is 0.444 e. The van der Waals surface area contributed by atoms with Gasteiger partial charge in [-0.15, -0.1) is 0 Å².